The SMILES string of the molecule is O=C(COC(=O)c1ccccc1NS(=O)(=O)c1cccs1)Nc1ccc(F)c([N+](=O)[O-])c1. The number of nitrogens with zero attached hydrogens (tertiary/aromatic N) is 1. The molecule has 3 rings (SSSR count). The molecule has 0 saturated carbocycles. The number of nitro benzene ring substituents is 1. The minimum Gasteiger partial charge on any atom is -0.452 e. The molecule has 32 heavy (non-hydrogen) atoms. The number of anilines is 2. The van der Waals surface area contributed by atoms with Crippen LogP contribution in [0.4, 0.5) is 21.5 Å². The summed E-state index contributed by atoms with van der Waals surface area (Å²) in [5, 5.41) is 14.6. The molecule has 0 radical (unpaired) electrons. The van der Waals surface area contributed by atoms with Gasteiger partial charge >= 0.3 is 11.7 Å². The highest BCUT2D eigenvalue weighted by molar-refractivity contribution is 7.94. The quantitative estimate of drug-likeness (QED) is 0.286. The van der Waals surface area contributed by atoms with Gasteiger partial charge < -0.3 is 10.1 Å². The van der Waals surface area contributed by atoms with Crippen molar-refractivity contribution in [3.63, 3.8) is 0 Å². The number of hydrogen-bond acceptors (Lipinski definition) is 8. The number of benzene rings is 2. The summed E-state index contributed by atoms with van der Waals surface area (Å²) in [5.74, 6) is -2.88. The van der Waals surface area contributed by atoms with Crippen molar-refractivity contribution in [2.75, 3.05) is 16.6 Å². The minimum atomic E-state index is -3.92. The van der Waals surface area contributed by atoms with E-state index in [2.05, 4.69) is 10.0 Å². The van der Waals surface area contributed by atoms with Crippen molar-refractivity contribution >= 4 is 50.3 Å². The molecule has 13 heteroatoms. The number of nitro groups is 1. The molecule has 1 aromatic heterocycles. The number of sulfonamides is 1. The molecule has 1 amide bonds. The molecule has 0 aliphatic carbocycles. The van der Waals surface area contributed by atoms with Gasteiger partial charge in [0, 0.05) is 11.8 Å². The molecule has 0 fully saturated rings. The molecule has 10 nitrogen and oxygen atoms in total. The van der Waals surface area contributed by atoms with Crippen molar-refractivity contribution in [2.45, 2.75) is 4.21 Å². The van der Waals surface area contributed by atoms with Crippen LogP contribution in [0.25, 0.3) is 0 Å². The normalized spacial score (nSPS) is 10.9. The van der Waals surface area contributed by atoms with Crippen LogP contribution in [0.15, 0.2) is 64.2 Å². The largest absolute Gasteiger partial charge is 0.452 e. The van der Waals surface area contributed by atoms with E-state index in [4.69, 9.17) is 4.74 Å². The van der Waals surface area contributed by atoms with E-state index in [9.17, 15) is 32.5 Å². The van der Waals surface area contributed by atoms with Crippen molar-refractivity contribution < 1.29 is 32.1 Å². The molecular formula is C19H14FN3O7S2. The van der Waals surface area contributed by atoms with Crippen LogP contribution in [0.1, 0.15) is 10.4 Å². The minimum absolute atomic E-state index is 0.0412. The Hall–Kier alpha value is -3.84. The molecule has 0 bridgehead atoms. The highest BCUT2D eigenvalue weighted by Gasteiger charge is 2.21. The lowest BCUT2D eigenvalue weighted by molar-refractivity contribution is -0.387. The van der Waals surface area contributed by atoms with Gasteiger partial charge in [-0.2, -0.15) is 4.39 Å². The van der Waals surface area contributed by atoms with Gasteiger partial charge in [-0.05, 0) is 35.7 Å². The van der Waals surface area contributed by atoms with E-state index in [-0.39, 0.29) is 21.1 Å². The predicted octanol–water partition coefficient (Wildman–Crippen LogP) is 3.39. The molecule has 0 aliphatic rings. The van der Waals surface area contributed by atoms with Crippen molar-refractivity contribution in [3.8, 4) is 0 Å². The molecule has 0 spiro atoms. The van der Waals surface area contributed by atoms with Gasteiger partial charge in [0.05, 0.1) is 16.2 Å². The molecule has 2 aromatic carbocycles. The van der Waals surface area contributed by atoms with Gasteiger partial charge in [-0.25, -0.2) is 13.2 Å². The number of hydrogen-bond donors (Lipinski definition) is 2. The second kappa shape index (κ2) is 9.53. The molecule has 0 unspecified atom stereocenters. The van der Waals surface area contributed by atoms with E-state index >= 15 is 0 Å². The summed E-state index contributed by atoms with van der Waals surface area (Å²) in [4.78, 5) is 34.3. The molecule has 1 heterocycles. The highest BCUT2D eigenvalue weighted by Crippen LogP contribution is 2.24. The molecule has 3 aromatic rings. The van der Waals surface area contributed by atoms with Crippen LogP contribution in [-0.2, 0) is 19.6 Å². The van der Waals surface area contributed by atoms with E-state index < -0.39 is 44.9 Å². The first kappa shape index (κ1) is 22.8. The zero-order valence-electron chi connectivity index (χ0n) is 16.0. The van der Waals surface area contributed by atoms with Gasteiger partial charge in [-0.15, -0.1) is 11.3 Å². The van der Waals surface area contributed by atoms with E-state index in [1.807, 2.05) is 0 Å². The Morgan fingerprint density at radius 1 is 1.12 bits per heavy atom. The number of para-hydroxylation sites is 1. The van der Waals surface area contributed by atoms with E-state index in [0.29, 0.717) is 0 Å². The number of carbonyl (C=O) groups is 2. The lowest BCUT2D eigenvalue weighted by Gasteiger charge is -2.11. The summed E-state index contributed by atoms with van der Waals surface area (Å²) in [7, 11) is -3.92. The van der Waals surface area contributed by atoms with E-state index in [0.717, 1.165) is 29.5 Å². The smallest absolute Gasteiger partial charge is 0.340 e. The van der Waals surface area contributed by atoms with Gasteiger partial charge in [0.15, 0.2) is 6.61 Å². The number of nitrogens with one attached hydrogen (secondary N) is 2. The first-order chi connectivity index (χ1) is 15.2. The van der Waals surface area contributed by atoms with Gasteiger partial charge in [0.1, 0.15) is 4.21 Å². The number of rotatable bonds is 8. The molecule has 0 saturated heterocycles. The first-order valence-corrected chi connectivity index (χ1v) is 11.1. The Bertz CT molecular complexity index is 1280. The number of carbonyl (C=O) groups excluding carboxylic acids is 2. The number of amides is 1. The zero-order chi connectivity index (χ0) is 23.3. The Morgan fingerprint density at radius 3 is 2.56 bits per heavy atom. The van der Waals surface area contributed by atoms with Crippen LogP contribution in [-0.4, -0.2) is 31.8 Å². The Labute approximate surface area is 184 Å². The Kier molecular flexibility index (Phi) is 6.80. The van der Waals surface area contributed by atoms with Crippen molar-refractivity contribution in [3.05, 3.63) is 81.5 Å². The molecule has 0 atom stereocenters. The zero-order valence-corrected chi connectivity index (χ0v) is 17.6. The summed E-state index contributed by atoms with van der Waals surface area (Å²) >= 11 is 0.997. The predicted molar refractivity (Wildman–Crippen MR) is 114 cm³/mol. The second-order valence-corrected chi connectivity index (χ2v) is 8.99. The maximum Gasteiger partial charge on any atom is 0.340 e. The monoisotopic (exact) mass is 479 g/mol. The maximum atomic E-state index is 13.4. The van der Waals surface area contributed by atoms with Gasteiger partial charge in [0.25, 0.3) is 15.9 Å². The van der Waals surface area contributed by atoms with Crippen LogP contribution >= 0.6 is 11.3 Å². The van der Waals surface area contributed by atoms with Crippen LogP contribution in [0, 0.1) is 15.9 Å². The van der Waals surface area contributed by atoms with Crippen LogP contribution in [0.2, 0.25) is 0 Å². The van der Waals surface area contributed by atoms with E-state index in [1.54, 1.807) is 11.4 Å². The molecule has 2 N–H and O–H groups in total. The van der Waals surface area contributed by atoms with Crippen LogP contribution in [0.5, 0.6) is 0 Å². The summed E-state index contributed by atoms with van der Waals surface area (Å²) < 4.78 is 45.5. The average Bonchev–Trinajstić information content (AvgIpc) is 3.29. The lowest BCUT2D eigenvalue weighted by atomic mass is 10.2. The number of thiophene rings is 1. The van der Waals surface area contributed by atoms with E-state index in [1.165, 1.54) is 30.3 Å². The first-order valence-electron chi connectivity index (χ1n) is 8.73. The standard InChI is InChI=1S/C19H14FN3O7S2/c20-14-8-7-12(10-16(14)23(26)27)21-17(24)11-30-19(25)13-4-1-2-5-15(13)22-32(28,29)18-6-3-9-31-18/h1-10,22H,11H2,(H,21,24). The number of halogens is 1. The number of esters is 1. The fourth-order valence-electron chi connectivity index (χ4n) is 2.50. The van der Waals surface area contributed by atoms with Gasteiger partial charge in [-0.3, -0.25) is 19.6 Å². The summed E-state index contributed by atoms with van der Waals surface area (Å²) in [5.41, 5.74) is -1.06. The third-order valence-corrected chi connectivity index (χ3v) is 6.68. The fourth-order valence-corrected chi connectivity index (χ4v) is 4.57. The van der Waals surface area contributed by atoms with Gasteiger partial charge in [0.2, 0.25) is 5.82 Å². The lowest BCUT2D eigenvalue weighted by Crippen LogP contribution is -2.22. The topological polar surface area (TPSA) is 145 Å². The molecule has 0 aliphatic heterocycles. The average molecular weight is 479 g/mol. The van der Waals surface area contributed by atoms with Crippen LogP contribution in [0.3, 0.4) is 0 Å². The fraction of sp³-hybridized carbons (Fsp3) is 0.0526. The van der Waals surface area contributed by atoms with Crippen molar-refractivity contribution in [1.82, 2.24) is 0 Å². The van der Waals surface area contributed by atoms with Crippen molar-refractivity contribution in [1.29, 1.82) is 0 Å². The summed E-state index contributed by atoms with van der Waals surface area (Å²) in [6, 6.07) is 11.4. The summed E-state index contributed by atoms with van der Waals surface area (Å²) in [6.07, 6.45) is 0. The Morgan fingerprint density at radius 2 is 1.88 bits per heavy atom. The van der Waals surface area contributed by atoms with Crippen molar-refractivity contribution in [2.24, 2.45) is 0 Å². The highest BCUT2D eigenvalue weighted by atomic mass is 32.2. The third kappa shape index (κ3) is 5.44. The van der Waals surface area contributed by atoms with Crippen LogP contribution < -0.4 is 10.0 Å². The Balaban J connectivity index is 1.66. The number of ether oxygens (including phenoxy) is 1. The molecule has 166 valence electrons. The molecular weight excluding hydrogens is 465 g/mol. The third-order valence-electron chi connectivity index (χ3n) is 3.91. The maximum absolute atomic E-state index is 13.4. The summed E-state index contributed by atoms with van der Waals surface area (Å²) in [6.45, 7) is -0.768. The second-order valence-electron chi connectivity index (χ2n) is 6.13. The van der Waals surface area contributed by atoms with Gasteiger partial charge in [-0.1, -0.05) is 18.2 Å².